The first-order valence-electron chi connectivity index (χ1n) is 8.22. The van der Waals surface area contributed by atoms with Gasteiger partial charge in [0.2, 0.25) is 11.7 Å². The minimum Gasteiger partial charge on any atom is -0.338 e. The third kappa shape index (κ3) is 3.75. The lowest BCUT2D eigenvalue weighted by Crippen LogP contribution is -2.46. The summed E-state index contributed by atoms with van der Waals surface area (Å²) in [6.07, 6.45) is 5.05. The maximum Gasteiger partial charge on any atom is 0.241 e. The van der Waals surface area contributed by atoms with E-state index in [1.807, 2.05) is 24.3 Å². The summed E-state index contributed by atoms with van der Waals surface area (Å²) in [5.74, 6) is 1.26. The summed E-state index contributed by atoms with van der Waals surface area (Å²) in [6.45, 7) is 0.692. The van der Waals surface area contributed by atoms with Gasteiger partial charge in [0, 0.05) is 28.7 Å². The Morgan fingerprint density at radius 1 is 1.29 bits per heavy atom. The van der Waals surface area contributed by atoms with Gasteiger partial charge in [-0.3, -0.25) is 4.90 Å². The second kappa shape index (κ2) is 7.40. The number of halogens is 2. The highest BCUT2D eigenvalue weighted by molar-refractivity contribution is 6.30. The molecular formula is C17H22Cl2N4O. The zero-order valence-corrected chi connectivity index (χ0v) is 15.2. The van der Waals surface area contributed by atoms with Crippen molar-refractivity contribution in [3.05, 3.63) is 35.2 Å². The number of benzene rings is 1. The molecule has 2 aliphatic heterocycles. The fraction of sp³-hybridized carbons (Fsp3) is 0.529. The number of rotatable bonds is 4. The Labute approximate surface area is 153 Å². The molecule has 0 saturated carbocycles. The molecule has 130 valence electrons. The summed E-state index contributed by atoms with van der Waals surface area (Å²) < 4.78 is 5.43. The van der Waals surface area contributed by atoms with Gasteiger partial charge < -0.3 is 9.84 Å². The van der Waals surface area contributed by atoms with Crippen molar-refractivity contribution in [2.45, 2.75) is 50.4 Å². The number of piperidine rings is 1. The normalized spacial score (nSPS) is 25.7. The molecule has 1 N–H and O–H groups in total. The first-order chi connectivity index (χ1) is 11.2. The molecule has 2 aliphatic rings. The van der Waals surface area contributed by atoms with Gasteiger partial charge in [-0.1, -0.05) is 28.9 Å². The summed E-state index contributed by atoms with van der Waals surface area (Å²) in [4.78, 5) is 6.87. The minimum atomic E-state index is 0. The van der Waals surface area contributed by atoms with E-state index >= 15 is 0 Å². The van der Waals surface area contributed by atoms with Crippen molar-refractivity contribution in [3.63, 3.8) is 0 Å². The number of hydrogen-bond donors (Lipinski definition) is 1. The monoisotopic (exact) mass is 368 g/mol. The van der Waals surface area contributed by atoms with Crippen molar-refractivity contribution in [1.82, 2.24) is 20.4 Å². The molecule has 3 heterocycles. The summed E-state index contributed by atoms with van der Waals surface area (Å²) in [5, 5.41) is 8.44. The molecule has 0 amide bonds. The molecule has 2 saturated heterocycles. The Balaban J connectivity index is 0.00000169. The van der Waals surface area contributed by atoms with Crippen LogP contribution in [0.15, 0.2) is 28.8 Å². The van der Waals surface area contributed by atoms with Crippen LogP contribution in [0.1, 0.15) is 31.6 Å². The predicted octanol–water partition coefficient (Wildman–Crippen LogP) is 3.53. The van der Waals surface area contributed by atoms with Gasteiger partial charge in [0.1, 0.15) is 0 Å². The molecule has 2 bridgehead atoms. The van der Waals surface area contributed by atoms with Crippen LogP contribution in [0.5, 0.6) is 0 Å². The average Bonchev–Trinajstić information content (AvgIpc) is 3.14. The lowest BCUT2D eigenvalue weighted by atomic mass is 9.98. The lowest BCUT2D eigenvalue weighted by molar-refractivity contribution is 0.150. The van der Waals surface area contributed by atoms with E-state index in [0.717, 1.165) is 5.56 Å². The van der Waals surface area contributed by atoms with Crippen LogP contribution in [-0.2, 0) is 6.54 Å². The van der Waals surface area contributed by atoms with Gasteiger partial charge in [-0.05, 0) is 44.9 Å². The van der Waals surface area contributed by atoms with E-state index in [-0.39, 0.29) is 12.4 Å². The van der Waals surface area contributed by atoms with E-state index in [1.54, 1.807) is 0 Å². The second-order valence-corrected chi connectivity index (χ2v) is 7.14. The van der Waals surface area contributed by atoms with Gasteiger partial charge in [0.25, 0.3) is 0 Å². The lowest BCUT2D eigenvalue weighted by Gasteiger charge is -2.34. The summed E-state index contributed by atoms with van der Waals surface area (Å²) >= 11 is 6.02. The van der Waals surface area contributed by atoms with Crippen LogP contribution < -0.4 is 5.32 Å². The molecule has 1 aromatic carbocycles. The van der Waals surface area contributed by atoms with Crippen LogP contribution in [0.25, 0.3) is 11.4 Å². The molecular weight excluding hydrogens is 347 g/mol. The molecule has 7 heteroatoms. The molecule has 2 fully saturated rings. The molecule has 4 rings (SSSR count). The van der Waals surface area contributed by atoms with E-state index < -0.39 is 0 Å². The second-order valence-electron chi connectivity index (χ2n) is 6.70. The van der Waals surface area contributed by atoms with Crippen LogP contribution in [0.4, 0.5) is 0 Å². The fourth-order valence-electron chi connectivity index (χ4n) is 3.79. The minimum absolute atomic E-state index is 0. The number of hydrogen-bond acceptors (Lipinski definition) is 5. The molecule has 0 radical (unpaired) electrons. The number of nitrogens with zero attached hydrogens (tertiary/aromatic N) is 3. The number of aromatic nitrogens is 2. The van der Waals surface area contributed by atoms with Gasteiger partial charge in [0.15, 0.2) is 0 Å². The maximum atomic E-state index is 6.02. The van der Waals surface area contributed by atoms with Gasteiger partial charge in [0.05, 0.1) is 6.54 Å². The molecule has 2 aromatic rings. The van der Waals surface area contributed by atoms with Crippen LogP contribution in [0.2, 0.25) is 5.02 Å². The third-order valence-corrected chi connectivity index (χ3v) is 5.24. The average molecular weight is 369 g/mol. The van der Waals surface area contributed by atoms with Crippen molar-refractivity contribution < 1.29 is 4.52 Å². The Kier molecular flexibility index (Phi) is 5.45. The summed E-state index contributed by atoms with van der Waals surface area (Å²) in [7, 11) is 2.15. The van der Waals surface area contributed by atoms with Crippen molar-refractivity contribution >= 4 is 24.0 Å². The summed E-state index contributed by atoms with van der Waals surface area (Å²) in [5.41, 5.74) is 0.884. The smallest absolute Gasteiger partial charge is 0.241 e. The standard InChI is InChI=1S/C17H21ClN4O.ClH/c1-22(15-8-13-5-6-14(9-15)19-13)10-16-20-17(21-23-16)11-3-2-4-12(18)7-11;/h2-4,7,13-15,19H,5-6,8-10H2,1H3;1H. The van der Waals surface area contributed by atoms with Crippen LogP contribution in [-0.4, -0.2) is 40.2 Å². The molecule has 2 unspecified atom stereocenters. The Morgan fingerprint density at radius 3 is 2.75 bits per heavy atom. The quantitative estimate of drug-likeness (QED) is 0.894. The van der Waals surface area contributed by atoms with Gasteiger partial charge in [-0.2, -0.15) is 4.98 Å². The van der Waals surface area contributed by atoms with Crippen LogP contribution >= 0.6 is 24.0 Å². The Morgan fingerprint density at radius 2 is 2.04 bits per heavy atom. The van der Waals surface area contributed by atoms with Crippen LogP contribution in [0.3, 0.4) is 0 Å². The number of fused-ring (bicyclic) bond motifs is 2. The Hall–Kier alpha value is -1.14. The molecule has 5 nitrogen and oxygen atoms in total. The van der Waals surface area contributed by atoms with Crippen molar-refractivity contribution in [3.8, 4) is 11.4 Å². The highest BCUT2D eigenvalue weighted by Crippen LogP contribution is 2.30. The highest BCUT2D eigenvalue weighted by Gasteiger charge is 2.35. The number of nitrogens with one attached hydrogen (secondary N) is 1. The van der Waals surface area contributed by atoms with E-state index in [9.17, 15) is 0 Å². The largest absolute Gasteiger partial charge is 0.338 e. The van der Waals surface area contributed by atoms with Gasteiger partial charge in [-0.15, -0.1) is 12.4 Å². The van der Waals surface area contributed by atoms with E-state index in [0.29, 0.717) is 41.4 Å². The van der Waals surface area contributed by atoms with Gasteiger partial charge >= 0.3 is 0 Å². The molecule has 0 spiro atoms. The zero-order valence-electron chi connectivity index (χ0n) is 13.6. The van der Waals surface area contributed by atoms with E-state index in [1.165, 1.54) is 25.7 Å². The predicted molar refractivity (Wildman–Crippen MR) is 96.4 cm³/mol. The zero-order chi connectivity index (χ0) is 15.8. The molecule has 0 aliphatic carbocycles. The van der Waals surface area contributed by atoms with E-state index in [2.05, 4.69) is 27.4 Å². The van der Waals surface area contributed by atoms with Gasteiger partial charge in [-0.25, -0.2) is 0 Å². The SMILES string of the molecule is CN(Cc1nc(-c2cccc(Cl)c2)no1)C1CC2CCC(C1)N2.Cl. The van der Waals surface area contributed by atoms with Crippen molar-refractivity contribution in [1.29, 1.82) is 0 Å². The van der Waals surface area contributed by atoms with Crippen molar-refractivity contribution in [2.24, 2.45) is 0 Å². The Bertz CT molecular complexity index is 681. The molecule has 2 atom stereocenters. The molecule has 24 heavy (non-hydrogen) atoms. The first kappa shape index (κ1) is 17.7. The van der Waals surface area contributed by atoms with Crippen molar-refractivity contribution in [2.75, 3.05) is 7.05 Å². The van der Waals surface area contributed by atoms with Crippen LogP contribution in [0, 0.1) is 0 Å². The topological polar surface area (TPSA) is 54.2 Å². The first-order valence-corrected chi connectivity index (χ1v) is 8.60. The maximum absolute atomic E-state index is 6.02. The summed E-state index contributed by atoms with van der Waals surface area (Å²) in [6, 6.07) is 9.49. The third-order valence-electron chi connectivity index (χ3n) is 5.01. The van der Waals surface area contributed by atoms with E-state index in [4.69, 9.17) is 16.1 Å². The molecule has 1 aromatic heterocycles. The highest BCUT2D eigenvalue weighted by atomic mass is 35.5. The fourth-order valence-corrected chi connectivity index (χ4v) is 3.98.